The molecule has 1 atom stereocenters. The zero-order valence-electron chi connectivity index (χ0n) is 21.0. The maximum absolute atomic E-state index is 12.8. The Morgan fingerprint density at radius 3 is 2.42 bits per heavy atom. The first-order valence-corrected chi connectivity index (χ1v) is 12.3. The lowest BCUT2D eigenvalue weighted by molar-refractivity contribution is -0.129. The third-order valence-corrected chi connectivity index (χ3v) is 5.94. The van der Waals surface area contributed by atoms with Crippen LogP contribution in [0.3, 0.4) is 0 Å². The third-order valence-electron chi connectivity index (χ3n) is 5.94. The second-order valence-corrected chi connectivity index (χ2v) is 8.91. The molecule has 0 aliphatic carbocycles. The SMILES string of the molecule is CCOCCCNC(=O)c1ccccc1NC(=O)c1ccc(NC(=O)C2CC(=O)N(C(C)C)C2)cc1. The predicted molar refractivity (Wildman–Crippen MR) is 138 cm³/mol. The summed E-state index contributed by atoms with van der Waals surface area (Å²) in [5.74, 6) is -1.29. The first kappa shape index (κ1) is 26.9. The summed E-state index contributed by atoms with van der Waals surface area (Å²) in [5, 5.41) is 8.45. The first-order chi connectivity index (χ1) is 17.3. The van der Waals surface area contributed by atoms with Gasteiger partial charge >= 0.3 is 0 Å². The van der Waals surface area contributed by atoms with E-state index in [9.17, 15) is 19.2 Å². The fraction of sp³-hybridized carbons (Fsp3) is 0.407. The van der Waals surface area contributed by atoms with Crippen LogP contribution in [-0.2, 0) is 14.3 Å². The number of hydrogen-bond acceptors (Lipinski definition) is 5. The van der Waals surface area contributed by atoms with Crippen LogP contribution < -0.4 is 16.0 Å². The van der Waals surface area contributed by atoms with E-state index in [4.69, 9.17) is 4.74 Å². The average molecular weight is 495 g/mol. The summed E-state index contributed by atoms with van der Waals surface area (Å²) in [6.45, 7) is 7.85. The Balaban J connectivity index is 1.57. The highest BCUT2D eigenvalue weighted by atomic mass is 16.5. The first-order valence-electron chi connectivity index (χ1n) is 12.3. The van der Waals surface area contributed by atoms with Gasteiger partial charge in [0.1, 0.15) is 0 Å². The molecule has 9 heteroatoms. The minimum Gasteiger partial charge on any atom is -0.382 e. The lowest BCUT2D eigenvalue weighted by atomic mass is 10.1. The van der Waals surface area contributed by atoms with Crippen LogP contribution >= 0.6 is 0 Å². The molecule has 3 rings (SSSR count). The number of carbonyl (C=O) groups is 4. The molecule has 0 spiro atoms. The number of nitrogens with one attached hydrogen (secondary N) is 3. The van der Waals surface area contributed by atoms with Crippen molar-refractivity contribution in [3.05, 3.63) is 59.7 Å². The van der Waals surface area contributed by atoms with Crippen molar-refractivity contribution in [1.82, 2.24) is 10.2 Å². The van der Waals surface area contributed by atoms with Gasteiger partial charge in [-0.2, -0.15) is 0 Å². The quantitative estimate of drug-likeness (QED) is 0.415. The smallest absolute Gasteiger partial charge is 0.255 e. The number of benzene rings is 2. The summed E-state index contributed by atoms with van der Waals surface area (Å²) in [6.07, 6.45) is 0.897. The maximum atomic E-state index is 12.8. The Morgan fingerprint density at radius 2 is 1.75 bits per heavy atom. The molecule has 0 saturated carbocycles. The van der Waals surface area contributed by atoms with Crippen LogP contribution in [0.5, 0.6) is 0 Å². The van der Waals surface area contributed by atoms with Gasteiger partial charge in [0, 0.05) is 50.0 Å². The number of likely N-dealkylation sites (tertiary alicyclic amines) is 1. The molecule has 1 heterocycles. The van der Waals surface area contributed by atoms with E-state index in [1.165, 1.54) is 0 Å². The standard InChI is InChI=1S/C27H34N4O5/c1-4-36-15-7-14-28-27(35)22-8-5-6-9-23(22)30-25(33)19-10-12-21(13-11-19)29-26(34)20-16-24(32)31(17-20)18(2)3/h5-6,8-13,18,20H,4,7,14-17H2,1-3H3,(H,28,35)(H,29,34)(H,30,33). The van der Waals surface area contributed by atoms with Crippen molar-refractivity contribution in [2.75, 3.05) is 36.9 Å². The number of anilines is 2. The second kappa shape index (κ2) is 12.8. The van der Waals surface area contributed by atoms with E-state index in [-0.39, 0.29) is 36.1 Å². The summed E-state index contributed by atoms with van der Waals surface area (Å²) in [5.41, 5.74) is 1.69. The average Bonchev–Trinajstić information content (AvgIpc) is 3.26. The highest BCUT2D eigenvalue weighted by Gasteiger charge is 2.35. The number of hydrogen-bond donors (Lipinski definition) is 3. The number of rotatable bonds is 11. The molecule has 0 aromatic heterocycles. The topological polar surface area (TPSA) is 117 Å². The van der Waals surface area contributed by atoms with Crippen LogP contribution in [0.2, 0.25) is 0 Å². The molecule has 3 N–H and O–H groups in total. The molecule has 36 heavy (non-hydrogen) atoms. The Kier molecular flexibility index (Phi) is 9.58. The summed E-state index contributed by atoms with van der Waals surface area (Å²) < 4.78 is 5.27. The van der Waals surface area contributed by atoms with Crippen LogP contribution in [0, 0.1) is 5.92 Å². The Morgan fingerprint density at radius 1 is 1.03 bits per heavy atom. The lowest BCUT2D eigenvalue weighted by Crippen LogP contribution is -2.33. The van der Waals surface area contributed by atoms with Gasteiger partial charge in [0.2, 0.25) is 11.8 Å². The van der Waals surface area contributed by atoms with Crippen molar-refractivity contribution >= 4 is 35.0 Å². The summed E-state index contributed by atoms with van der Waals surface area (Å²) in [7, 11) is 0. The van der Waals surface area contributed by atoms with E-state index in [0.717, 1.165) is 0 Å². The fourth-order valence-corrected chi connectivity index (χ4v) is 3.96. The van der Waals surface area contributed by atoms with Crippen LogP contribution in [0.1, 0.15) is 54.3 Å². The van der Waals surface area contributed by atoms with E-state index >= 15 is 0 Å². The number of ether oxygens (including phenoxy) is 1. The monoisotopic (exact) mass is 494 g/mol. The third kappa shape index (κ3) is 7.14. The van der Waals surface area contributed by atoms with Crippen LogP contribution in [0.15, 0.2) is 48.5 Å². The fourth-order valence-electron chi connectivity index (χ4n) is 3.96. The molecule has 9 nitrogen and oxygen atoms in total. The van der Waals surface area contributed by atoms with Gasteiger partial charge in [-0.15, -0.1) is 0 Å². The summed E-state index contributed by atoms with van der Waals surface area (Å²) in [4.78, 5) is 51.8. The zero-order chi connectivity index (χ0) is 26.1. The van der Waals surface area contributed by atoms with Crippen LogP contribution in [0.25, 0.3) is 0 Å². The number of para-hydroxylation sites is 1. The van der Waals surface area contributed by atoms with E-state index in [0.29, 0.717) is 55.2 Å². The Hall–Kier alpha value is -3.72. The molecule has 2 aromatic carbocycles. The van der Waals surface area contributed by atoms with Crippen LogP contribution in [0.4, 0.5) is 11.4 Å². The predicted octanol–water partition coefficient (Wildman–Crippen LogP) is 3.29. The molecular weight excluding hydrogens is 460 g/mol. The van der Waals surface area contributed by atoms with Crippen LogP contribution in [-0.4, -0.2) is 60.9 Å². The van der Waals surface area contributed by atoms with Crippen molar-refractivity contribution in [2.24, 2.45) is 5.92 Å². The molecule has 0 bridgehead atoms. The maximum Gasteiger partial charge on any atom is 0.255 e. The highest BCUT2D eigenvalue weighted by Crippen LogP contribution is 2.22. The normalized spacial score (nSPS) is 15.2. The Bertz CT molecular complexity index is 1080. The number of amides is 4. The molecule has 2 aromatic rings. The van der Waals surface area contributed by atoms with Crippen molar-refractivity contribution in [1.29, 1.82) is 0 Å². The van der Waals surface area contributed by atoms with Gasteiger partial charge in [-0.3, -0.25) is 19.2 Å². The summed E-state index contributed by atoms with van der Waals surface area (Å²) in [6, 6.07) is 13.3. The Labute approximate surface area is 211 Å². The van der Waals surface area contributed by atoms with Crippen molar-refractivity contribution in [2.45, 2.75) is 39.7 Å². The number of nitrogens with zero attached hydrogens (tertiary/aromatic N) is 1. The van der Waals surface area contributed by atoms with E-state index < -0.39 is 5.92 Å². The molecule has 1 fully saturated rings. The highest BCUT2D eigenvalue weighted by molar-refractivity contribution is 6.09. The van der Waals surface area contributed by atoms with Gasteiger partial charge in [0.25, 0.3) is 11.8 Å². The van der Waals surface area contributed by atoms with Crippen molar-refractivity contribution in [3.8, 4) is 0 Å². The molecule has 1 aliphatic rings. The van der Waals surface area contributed by atoms with Gasteiger partial charge in [0.15, 0.2) is 0 Å². The molecule has 0 radical (unpaired) electrons. The molecule has 1 unspecified atom stereocenters. The summed E-state index contributed by atoms with van der Waals surface area (Å²) >= 11 is 0. The van der Waals surface area contributed by atoms with Gasteiger partial charge in [-0.1, -0.05) is 12.1 Å². The largest absolute Gasteiger partial charge is 0.382 e. The molecule has 4 amide bonds. The van der Waals surface area contributed by atoms with Gasteiger partial charge in [0.05, 0.1) is 17.2 Å². The van der Waals surface area contributed by atoms with E-state index in [2.05, 4.69) is 16.0 Å². The van der Waals surface area contributed by atoms with Crippen molar-refractivity contribution < 1.29 is 23.9 Å². The van der Waals surface area contributed by atoms with E-state index in [1.54, 1.807) is 53.4 Å². The van der Waals surface area contributed by atoms with Gasteiger partial charge in [-0.25, -0.2) is 0 Å². The van der Waals surface area contributed by atoms with Gasteiger partial charge in [-0.05, 0) is 63.6 Å². The van der Waals surface area contributed by atoms with Crippen molar-refractivity contribution in [3.63, 3.8) is 0 Å². The van der Waals surface area contributed by atoms with Gasteiger partial charge < -0.3 is 25.6 Å². The molecule has 1 aliphatic heterocycles. The molecular formula is C27H34N4O5. The molecule has 1 saturated heterocycles. The minimum absolute atomic E-state index is 0.0170. The lowest BCUT2D eigenvalue weighted by Gasteiger charge is -2.20. The molecule has 192 valence electrons. The minimum atomic E-state index is -0.398. The van der Waals surface area contributed by atoms with E-state index in [1.807, 2.05) is 20.8 Å². The number of carbonyl (C=O) groups excluding carboxylic acids is 4. The second-order valence-electron chi connectivity index (χ2n) is 8.91. The zero-order valence-corrected chi connectivity index (χ0v) is 21.0.